The van der Waals surface area contributed by atoms with Gasteiger partial charge >= 0.3 is 0 Å². The van der Waals surface area contributed by atoms with E-state index in [4.69, 9.17) is 5.73 Å². The monoisotopic (exact) mass is 335 g/mol. The highest BCUT2D eigenvalue weighted by atomic mass is 79.9. The van der Waals surface area contributed by atoms with E-state index in [0.717, 1.165) is 34.6 Å². The second kappa shape index (κ2) is 5.52. The first-order valence-corrected chi connectivity index (χ1v) is 7.81. The molecule has 0 radical (unpaired) electrons. The summed E-state index contributed by atoms with van der Waals surface area (Å²) < 4.78 is 2.90. The van der Waals surface area contributed by atoms with Crippen LogP contribution in [-0.4, -0.2) is 20.2 Å². The molecule has 0 spiro atoms. The van der Waals surface area contributed by atoms with Crippen molar-refractivity contribution in [2.45, 2.75) is 38.6 Å². The summed E-state index contributed by atoms with van der Waals surface area (Å²) >= 11 is 3.47. The van der Waals surface area contributed by atoms with E-state index in [1.165, 1.54) is 12.8 Å². The Hall–Kier alpha value is -1.43. The molecule has 1 fully saturated rings. The van der Waals surface area contributed by atoms with Crippen molar-refractivity contribution in [3.8, 4) is 11.4 Å². The summed E-state index contributed by atoms with van der Waals surface area (Å²) in [4.78, 5) is 0. The van der Waals surface area contributed by atoms with Crippen molar-refractivity contribution < 1.29 is 0 Å². The Bertz CT molecular complexity index is 585. The summed E-state index contributed by atoms with van der Waals surface area (Å²) in [5.74, 6) is 1.65. The fraction of sp³-hybridized carbons (Fsp3) is 0.500. The van der Waals surface area contributed by atoms with E-state index in [1.807, 2.05) is 22.9 Å². The molecule has 0 bridgehead atoms. The van der Waals surface area contributed by atoms with Crippen molar-refractivity contribution in [3.63, 3.8) is 0 Å². The molecule has 1 atom stereocenters. The Morgan fingerprint density at radius 1 is 1.40 bits per heavy atom. The average Bonchev–Trinajstić information content (AvgIpc) is 3.09. The van der Waals surface area contributed by atoms with Crippen LogP contribution in [-0.2, 0) is 0 Å². The summed E-state index contributed by atoms with van der Waals surface area (Å²) in [6.45, 7) is 2.19. The minimum absolute atomic E-state index is 0.368. The minimum atomic E-state index is 0.368. The van der Waals surface area contributed by atoms with E-state index in [2.05, 4.69) is 38.4 Å². The lowest BCUT2D eigenvalue weighted by Crippen LogP contribution is -2.12. The molecule has 1 saturated carbocycles. The van der Waals surface area contributed by atoms with Gasteiger partial charge in [0.1, 0.15) is 0 Å². The molecule has 6 heteroatoms. The van der Waals surface area contributed by atoms with Gasteiger partial charge in [-0.1, -0.05) is 35.7 Å². The first-order chi connectivity index (χ1) is 9.67. The van der Waals surface area contributed by atoms with E-state index in [9.17, 15) is 0 Å². The predicted octanol–water partition coefficient (Wildman–Crippen LogP) is 3.44. The Kier molecular flexibility index (Phi) is 3.74. The molecular weight excluding hydrogens is 318 g/mol. The van der Waals surface area contributed by atoms with Gasteiger partial charge in [0, 0.05) is 15.7 Å². The van der Waals surface area contributed by atoms with Crippen molar-refractivity contribution in [1.82, 2.24) is 20.2 Å². The quantitative estimate of drug-likeness (QED) is 0.849. The van der Waals surface area contributed by atoms with Gasteiger partial charge in [-0.05, 0) is 47.4 Å². The number of hydrogen-bond acceptors (Lipinski definition) is 4. The summed E-state index contributed by atoms with van der Waals surface area (Å²) in [6, 6.07) is 6.16. The van der Waals surface area contributed by atoms with Crippen LogP contribution in [0.2, 0.25) is 0 Å². The molecule has 20 heavy (non-hydrogen) atoms. The van der Waals surface area contributed by atoms with Gasteiger partial charge < -0.3 is 5.73 Å². The van der Waals surface area contributed by atoms with Crippen molar-refractivity contribution in [2.75, 3.05) is 5.73 Å². The Morgan fingerprint density at radius 3 is 2.85 bits per heavy atom. The van der Waals surface area contributed by atoms with Crippen molar-refractivity contribution in [3.05, 3.63) is 22.7 Å². The molecule has 1 aliphatic rings. The molecule has 0 aliphatic heterocycles. The van der Waals surface area contributed by atoms with Gasteiger partial charge in [0.25, 0.3) is 0 Å². The highest BCUT2D eigenvalue weighted by Gasteiger charge is 2.27. The zero-order valence-electron chi connectivity index (χ0n) is 11.5. The van der Waals surface area contributed by atoms with Crippen LogP contribution in [0.25, 0.3) is 11.4 Å². The maximum Gasteiger partial charge on any atom is 0.182 e. The molecule has 1 aromatic heterocycles. The zero-order valence-corrected chi connectivity index (χ0v) is 13.0. The number of benzene rings is 1. The Balaban J connectivity index is 1.95. The van der Waals surface area contributed by atoms with E-state index in [-0.39, 0.29) is 0 Å². The number of nitrogens with two attached hydrogens (primary N) is 1. The molecule has 106 valence electrons. The number of nitrogens with zero attached hydrogens (tertiary/aromatic N) is 4. The molecule has 3 rings (SSSR count). The number of nitrogen functional groups attached to an aromatic ring is 1. The predicted molar refractivity (Wildman–Crippen MR) is 82.0 cm³/mol. The van der Waals surface area contributed by atoms with Gasteiger partial charge in [-0.15, -0.1) is 5.10 Å². The third kappa shape index (κ3) is 2.85. The lowest BCUT2D eigenvalue weighted by molar-refractivity contribution is 0.388. The maximum absolute atomic E-state index is 5.91. The SMILES string of the molecule is CCC(CC1CC1)n1nnnc1-c1cc(N)cc(Br)c1. The topological polar surface area (TPSA) is 69.6 Å². The van der Waals surface area contributed by atoms with Gasteiger partial charge in [0.05, 0.1) is 6.04 Å². The molecule has 0 amide bonds. The number of halogens is 1. The van der Waals surface area contributed by atoms with Gasteiger partial charge in [-0.25, -0.2) is 4.68 Å². The lowest BCUT2D eigenvalue weighted by Gasteiger charge is -2.16. The number of rotatable bonds is 5. The van der Waals surface area contributed by atoms with Gasteiger partial charge in [-0.3, -0.25) is 0 Å². The van der Waals surface area contributed by atoms with E-state index >= 15 is 0 Å². The molecule has 1 aromatic carbocycles. The fourth-order valence-corrected chi connectivity index (χ4v) is 3.06. The van der Waals surface area contributed by atoms with Crippen molar-refractivity contribution >= 4 is 21.6 Å². The van der Waals surface area contributed by atoms with Crippen LogP contribution in [0.15, 0.2) is 22.7 Å². The van der Waals surface area contributed by atoms with Crippen LogP contribution in [0.1, 0.15) is 38.6 Å². The summed E-state index contributed by atoms with van der Waals surface area (Å²) in [7, 11) is 0. The molecule has 0 saturated heterocycles. The maximum atomic E-state index is 5.91. The smallest absolute Gasteiger partial charge is 0.182 e. The second-order valence-corrected chi connectivity index (χ2v) is 6.38. The van der Waals surface area contributed by atoms with Crippen molar-refractivity contribution in [1.29, 1.82) is 0 Å². The van der Waals surface area contributed by atoms with Crippen LogP contribution in [0.4, 0.5) is 5.69 Å². The number of hydrogen-bond donors (Lipinski definition) is 1. The summed E-state index contributed by atoms with van der Waals surface area (Å²) in [5.41, 5.74) is 7.57. The molecule has 1 unspecified atom stereocenters. The van der Waals surface area contributed by atoms with Crippen LogP contribution in [0, 0.1) is 5.92 Å². The third-order valence-electron chi connectivity index (χ3n) is 3.79. The molecular formula is C14H18BrN5. The second-order valence-electron chi connectivity index (χ2n) is 5.46. The van der Waals surface area contributed by atoms with Crippen LogP contribution in [0.5, 0.6) is 0 Å². The van der Waals surface area contributed by atoms with E-state index in [0.29, 0.717) is 11.7 Å². The zero-order chi connectivity index (χ0) is 14.1. The van der Waals surface area contributed by atoms with E-state index < -0.39 is 0 Å². The van der Waals surface area contributed by atoms with Gasteiger partial charge in [0.2, 0.25) is 0 Å². The lowest BCUT2D eigenvalue weighted by atomic mass is 10.1. The van der Waals surface area contributed by atoms with Crippen molar-refractivity contribution in [2.24, 2.45) is 5.92 Å². The van der Waals surface area contributed by atoms with Gasteiger partial charge in [-0.2, -0.15) is 0 Å². The first-order valence-electron chi connectivity index (χ1n) is 7.01. The number of anilines is 1. The fourth-order valence-electron chi connectivity index (χ4n) is 2.55. The normalized spacial score (nSPS) is 16.3. The summed E-state index contributed by atoms with van der Waals surface area (Å²) in [5, 5.41) is 12.3. The third-order valence-corrected chi connectivity index (χ3v) is 4.25. The summed E-state index contributed by atoms with van der Waals surface area (Å²) in [6.07, 6.45) is 4.89. The molecule has 1 heterocycles. The van der Waals surface area contributed by atoms with E-state index in [1.54, 1.807) is 0 Å². The standard InChI is InChI=1S/C14H18BrN5/c1-2-13(5-9-3-4-9)20-14(17-18-19-20)10-6-11(15)8-12(16)7-10/h6-9,13H,2-5,16H2,1H3. The largest absolute Gasteiger partial charge is 0.399 e. The first kappa shape index (κ1) is 13.5. The Morgan fingerprint density at radius 2 is 2.20 bits per heavy atom. The Labute approximate surface area is 126 Å². The molecule has 1 aliphatic carbocycles. The highest BCUT2D eigenvalue weighted by molar-refractivity contribution is 9.10. The number of aromatic nitrogens is 4. The van der Waals surface area contributed by atoms with Gasteiger partial charge in [0.15, 0.2) is 5.82 Å². The van der Waals surface area contributed by atoms with Crippen LogP contribution in [0.3, 0.4) is 0 Å². The average molecular weight is 336 g/mol. The highest BCUT2D eigenvalue weighted by Crippen LogP contribution is 2.38. The number of tetrazole rings is 1. The molecule has 2 aromatic rings. The molecule has 2 N–H and O–H groups in total. The minimum Gasteiger partial charge on any atom is -0.399 e. The van der Waals surface area contributed by atoms with Crippen LogP contribution >= 0.6 is 15.9 Å². The van der Waals surface area contributed by atoms with Crippen LogP contribution < -0.4 is 5.73 Å². The molecule has 5 nitrogen and oxygen atoms in total.